The molecule has 6 heteroatoms. The van der Waals surface area contributed by atoms with E-state index in [1.54, 1.807) is 0 Å². The first-order valence-corrected chi connectivity index (χ1v) is 6.13. The molecule has 0 aliphatic carbocycles. The summed E-state index contributed by atoms with van der Waals surface area (Å²) in [7, 11) is 0. The summed E-state index contributed by atoms with van der Waals surface area (Å²) in [6.07, 6.45) is 1.51. The van der Waals surface area contributed by atoms with Gasteiger partial charge in [-0.05, 0) is 23.8 Å². The van der Waals surface area contributed by atoms with E-state index in [-0.39, 0.29) is 5.02 Å². The van der Waals surface area contributed by atoms with Crippen molar-refractivity contribution in [3.63, 3.8) is 0 Å². The van der Waals surface area contributed by atoms with Gasteiger partial charge in [0.05, 0.1) is 11.2 Å². The number of carbonyl (C=O) groups excluding carboxylic acids is 1. The van der Waals surface area contributed by atoms with Crippen molar-refractivity contribution in [2.45, 2.75) is 0 Å². The Kier molecular flexibility index (Phi) is 4.68. The van der Waals surface area contributed by atoms with Gasteiger partial charge in [-0.1, -0.05) is 41.9 Å². The Morgan fingerprint density at radius 3 is 2.65 bits per heavy atom. The minimum Gasteiger partial charge on any atom is -0.306 e. The van der Waals surface area contributed by atoms with Gasteiger partial charge in [-0.3, -0.25) is 0 Å². The topological polar surface area (TPSA) is 53.5 Å². The smallest absolute Gasteiger partial charge is 0.306 e. The highest BCUT2D eigenvalue weighted by Gasteiger charge is 2.03. The van der Waals surface area contributed by atoms with E-state index in [1.807, 2.05) is 30.3 Å². The van der Waals surface area contributed by atoms with Crippen LogP contribution in [0.15, 0.2) is 53.6 Å². The second-order valence-electron chi connectivity index (χ2n) is 3.86. The zero-order valence-electron chi connectivity index (χ0n) is 10.3. The number of anilines is 1. The molecule has 0 unspecified atom stereocenters. The highest BCUT2D eigenvalue weighted by Crippen LogP contribution is 2.19. The van der Waals surface area contributed by atoms with Gasteiger partial charge in [0, 0.05) is 5.69 Å². The Labute approximate surface area is 120 Å². The second kappa shape index (κ2) is 6.68. The first kappa shape index (κ1) is 14.0. The summed E-state index contributed by atoms with van der Waals surface area (Å²) in [4.78, 5) is 11.5. The average Bonchev–Trinajstić information content (AvgIpc) is 2.44. The largest absolute Gasteiger partial charge is 0.339 e. The van der Waals surface area contributed by atoms with Crippen molar-refractivity contribution in [1.82, 2.24) is 5.43 Å². The van der Waals surface area contributed by atoms with Crippen molar-refractivity contribution in [2.24, 2.45) is 5.10 Å². The van der Waals surface area contributed by atoms with Gasteiger partial charge in [0.1, 0.15) is 5.82 Å². The van der Waals surface area contributed by atoms with E-state index < -0.39 is 11.8 Å². The standard InChI is InChI=1S/C14H11ClFN3O/c15-12-8-11(6-7-13(12)16)18-14(20)19-17-9-10-4-2-1-3-5-10/h1-9H,(H2,18,19,20)/b17-9+. The number of rotatable bonds is 3. The van der Waals surface area contributed by atoms with Crippen LogP contribution in [0, 0.1) is 5.82 Å². The normalized spacial score (nSPS) is 10.5. The zero-order chi connectivity index (χ0) is 14.4. The molecule has 0 saturated carbocycles. The number of hydrogen-bond acceptors (Lipinski definition) is 2. The summed E-state index contributed by atoms with van der Waals surface area (Å²) in [6.45, 7) is 0. The number of nitrogens with one attached hydrogen (secondary N) is 2. The zero-order valence-corrected chi connectivity index (χ0v) is 11.1. The minimum absolute atomic E-state index is 0.0596. The lowest BCUT2D eigenvalue weighted by molar-refractivity contribution is 0.252. The van der Waals surface area contributed by atoms with E-state index in [0.717, 1.165) is 5.56 Å². The number of halogens is 2. The fourth-order valence-corrected chi connectivity index (χ4v) is 1.62. The third-order valence-corrected chi connectivity index (χ3v) is 2.65. The molecule has 2 aromatic carbocycles. The lowest BCUT2D eigenvalue weighted by Crippen LogP contribution is -2.24. The van der Waals surface area contributed by atoms with Crippen LogP contribution >= 0.6 is 11.6 Å². The fourth-order valence-electron chi connectivity index (χ4n) is 1.44. The number of hydrogen-bond donors (Lipinski definition) is 2. The van der Waals surface area contributed by atoms with Gasteiger partial charge in [0.15, 0.2) is 0 Å². The predicted molar refractivity (Wildman–Crippen MR) is 77.6 cm³/mol. The minimum atomic E-state index is -0.542. The van der Waals surface area contributed by atoms with Crippen LogP contribution in [0.5, 0.6) is 0 Å². The molecule has 0 spiro atoms. The molecule has 0 aliphatic rings. The average molecular weight is 292 g/mol. The summed E-state index contributed by atoms with van der Waals surface area (Å²) >= 11 is 5.61. The highest BCUT2D eigenvalue weighted by molar-refractivity contribution is 6.31. The van der Waals surface area contributed by atoms with Crippen LogP contribution in [-0.2, 0) is 0 Å². The Bertz CT molecular complexity index is 632. The maximum Gasteiger partial charge on any atom is 0.339 e. The van der Waals surface area contributed by atoms with Crippen LogP contribution in [0.2, 0.25) is 5.02 Å². The summed E-state index contributed by atoms with van der Waals surface area (Å²) in [5.41, 5.74) is 3.53. The van der Waals surface area contributed by atoms with Crippen molar-refractivity contribution in [3.05, 3.63) is 64.9 Å². The molecule has 2 N–H and O–H groups in total. The van der Waals surface area contributed by atoms with Crippen LogP contribution in [0.25, 0.3) is 0 Å². The maximum absolute atomic E-state index is 12.9. The van der Waals surface area contributed by atoms with Gasteiger partial charge < -0.3 is 5.32 Å². The third-order valence-electron chi connectivity index (χ3n) is 2.36. The predicted octanol–water partition coefficient (Wildman–Crippen LogP) is 3.63. The molecule has 0 saturated heterocycles. The number of amides is 2. The van der Waals surface area contributed by atoms with Crippen LogP contribution in [0.3, 0.4) is 0 Å². The first-order valence-electron chi connectivity index (χ1n) is 5.75. The molecule has 0 aliphatic heterocycles. The van der Waals surface area contributed by atoms with Crippen LogP contribution in [-0.4, -0.2) is 12.2 Å². The molecule has 0 atom stereocenters. The SMILES string of the molecule is O=C(N/N=C/c1ccccc1)Nc1ccc(F)c(Cl)c1. The van der Waals surface area contributed by atoms with Gasteiger partial charge in [-0.2, -0.15) is 5.10 Å². The summed E-state index contributed by atoms with van der Waals surface area (Å²) in [5, 5.41) is 6.21. The molecule has 0 fully saturated rings. The van der Waals surface area contributed by atoms with Crippen LogP contribution in [0.1, 0.15) is 5.56 Å². The number of carbonyl (C=O) groups is 1. The van der Waals surface area contributed by atoms with Crippen molar-refractivity contribution in [2.75, 3.05) is 5.32 Å². The van der Waals surface area contributed by atoms with Gasteiger partial charge in [-0.15, -0.1) is 0 Å². The maximum atomic E-state index is 12.9. The molecular weight excluding hydrogens is 281 g/mol. The molecule has 0 bridgehead atoms. The van der Waals surface area contributed by atoms with Gasteiger partial charge in [0.25, 0.3) is 0 Å². The molecule has 0 heterocycles. The Balaban J connectivity index is 1.89. The monoisotopic (exact) mass is 291 g/mol. The summed E-state index contributed by atoms with van der Waals surface area (Å²) in [6, 6.07) is 12.7. The Hall–Kier alpha value is -2.40. The van der Waals surface area contributed by atoms with Gasteiger partial charge in [0.2, 0.25) is 0 Å². The van der Waals surface area contributed by atoms with Crippen LogP contribution in [0.4, 0.5) is 14.9 Å². The fraction of sp³-hybridized carbons (Fsp3) is 0. The molecule has 102 valence electrons. The van der Waals surface area contributed by atoms with E-state index >= 15 is 0 Å². The number of urea groups is 1. The van der Waals surface area contributed by atoms with Crippen molar-refractivity contribution in [3.8, 4) is 0 Å². The number of hydrazone groups is 1. The van der Waals surface area contributed by atoms with E-state index in [9.17, 15) is 9.18 Å². The third kappa shape index (κ3) is 4.07. The summed E-state index contributed by atoms with van der Waals surface area (Å²) in [5.74, 6) is -0.542. The molecule has 2 aromatic rings. The van der Waals surface area contributed by atoms with Gasteiger partial charge in [-0.25, -0.2) is 14.6 Å². The number of benzene rings is 2. The molecule has 0 radical (unpaired) electrons. The molecule has 2 rings (SSSR count). The van der Waals surface area contributed by atoms with Gasteiger partial charge >= 0.3 is 6.03 Å². The van der Waals surface area contributed by atoms with Crippen molar-refractivity contribution < 1.29 is 9.18 Å². The summed E-state index contributed by atoms with van der Waals surface area (Å²) < 4.78 is 12.9. The molecule has 2 amide bonds. The Morgan fingerprint density at radius 2 is 1.95 bits per heavy atom. The highest BCUT2D eigenvalue weighted by atomic mass is 35.5. The van der Waals surface area contributed by atoms with E-state index in [4.69, 9.17) is 11.6 Å². The van der Waals surface area contributed by atoms with Crippen molar-refractivity contribution >= 4 is 29.5 Å². The second-order valence-corrected chi connectivity index (χ2v) is 4.27. The van der Waals surface area contributed by atoms with E-state index in [0.29, 0.717) is 5.69 Å². The molecule has 4 nitrogen and oxygen atoms in total. The first-order chi connectivity index (χ1) is 9.65. The Morgan fingerprint density at radius 1 is 1.20 bits per heavy atom. The quantitative estimate of drug-likeness (QED) is 0.658. The lowest BCUT2D eigenvalue weighted by atomic mass is 10.2. The molecular formula is C14H11ClFN3O. The lowest BCUT2D eigenvalue weighted by Gasteiger charge is -2.04. The number of nitrogens with zero attached hydrogens (tertiary/aromatic N) is 1. The van der Waals surface area contributed by atoms with E-state index in [1.165, 1.54) is 24.4 Å². The van der Waals surface area contributed by atoms with Crippen molar-refractivity contribution in [1.29, 1.82) is 0 Å². The molecule has 0 aromatic heterocycles. The molecule has 20 heavy (non-hydrogen) atoms. The van der Waals surface area contributed by atoms with E-state index in [2.05, 4.69) is 15.8 Å². The van der Waals surface area contributed by atoms with Crippen LogP contribution < -0.4 is 10.7 Å².